The highest BCUT2D eigenvalue weighted by molar-refractivity contribution is 8.00. The van der Waals surface area contributed by atoms with Crippen LogP contribution in [0.15, 0.2) is 23.1 Å². The van der Waals surface area contributed by atoms with E-state index in [1.54, 1.807) is 0 Å². The van der Waals surface area contributed by atoms with E-state index in [0.29, 0.717) is 37.5 Å². The molecule has 12 N–H and O–H groups in total. The maximum Gasteiger partial charge on any atom is 0.490 e. The number of aromatic amines is 1. The van der Waals surface area contributed by atoms with Gasteiger partial charge in [-0.2, -0.15) is 25.4 Å². The predicted octanol–water partition coefficient (Wildman–Crippen LogP) is 2.41. The number of phosphoric ester groups is 1. The zero-order valence-electron chi connectivity index (χ0n) is 36.4. The van der Waals surface area contributed by atoms with Gasteiger partial charge in [-0.05, 0) is 50.7 Å². The second kappa shape index (κ2) is 23.4. The van der Waals surface area contributed by atoms with Crippen molar-refractivity contribution in [1.82, 2.24) is 41.1 Å². The van der Waals surface area contributed by atoms with E-state index in [1.165, 1.54) is 10.8 Å². The van der Waals surface area contributed by atoms with Crippen molar-refractivity contribution in [3.8, 4) is 11.8 Å². The number of carbonyl (C=O) groups is 4. The van der Waals surface area contributed by atoms with Crippen LogP contribution in [0.3, 0.4) is 0 Å². The summed E-state index contributed by atoms with van der Waals surface area (Å²) in [4.78, 5) is 105. The van der Waals surface area contributed by atoms with Crippen molar-refractivity contribution in [1.29, 1.82) is 0 Å². The molecule has 2 unspecified atom stereocenters. The molecule has 25 nitrogen and oxygen atoms in total. The number of thioether (sulfide) groups is 1. The Morgan fingerprint density at radius 1 is 0.942 bits per heavy atom. The summed E-state index contributed by atoms with van der Waals surface area (Å²) in [5.41, 5.74) is 4.35. The first-order valence-electron chi connectivity index (χ1n) is 21.4. The number of hydrogen-bond donors (Lipinski definition) is 11. The number of halogens is 2. The quantitative estimate of drug-likeness (QED) is 0.0281. The second-order valence-electron chi connectivity index (χ2n) is 16.0. The maximum atomic E-state index is 15.0. The van der Waals surface area contributed by atoms with E-state index in [-0.39, 0.29) is 77.9 Å². The second-order valence-corrected chi connectivity index (χ2v) is 21.7. The zero-order chi connectivity index (χ0) is 50.1. The number of rotatable bonds is 23. The average Bonchev–Trinajstić information content (AvgIpc) is 4.04. The summed E-state index contributed by atoms with van der Waals surface area (Å²) < 4.78 is 83.9. The lowest BCUT2D eigenvalue weighted by molar-refractivity contribution is -0.122. The summed E-state index contributed by atoms with van der Waals surface area (Å²) in [5, 5.41) is 13.9. The number of aromatic nitrogens is 3. The zero-order valence-corrected chi connectivity index (χ0v) is 39.9. The third kappa shape index (κ3) is 15.6. The largest absolute Gasteiger partial charge is 0.490 e. The van der Waals surface area contributed by atoms with Crippen molar-refractivity contribution >= 4 is 76.0 Å². The molecule has 5 amide bonds. The summed E-state index contributed by atoms with van der Waals surface area (Å²) in [7, 11) is -16.7. The molecule has 0 radical (unpaired) electrons. The fourth-order valence-corrected chi connectivity index (χ4v) is 12.3. The summed E-state index contributed by atoms with van der Waals surface area (Å²) in [6.45, 7) is -1.08. The monoisotopic (exact) mass is 1050 g/mol. The Bertz CT molecular complexity index is 2670. The number of nitrogens with one attached hydrogen (secondary N) is 6. The van der Waals surface area contributed by atoms with Gasteiger partial charge in [0.2, 0.25) is 17.8 Å². The van der Waals surface area contributed by atoms with Gasteiger partial charge < -0.3 is 61.2 Å². The van der Waals surface area contributed by atoms with E-state index >= 15 is 0 Å². The van der Waals surface area contributed by atoms with E-state index in [0.717, 1.165) is 37.1 Å². The standard InChI is InChI=1S/C38H50F2N9O16P3S/c39-25-15-22(16-26(40)24(25)17-44-30(51)9-2-1-5-13-42-29(50)10-4-3-8-28-33-27(20-69-28)45-38(54)46-33)35(52)43-14-6-7-21-18-49(34-32(21)36(53)48-37(41)47-34)31-12-11-23(63-31)19-62-67(58,59)65-68(60,61)64-66(55,56)57/h15-16,18,23,27-28,31,33H,1-5,8-14,17,19-20H2,(H,42,50)(H,43,52)(H,44,51)(H,58,59)(H,60,61)(H2,45,46,54)(H2,55,56,57)(H3,41,47,48,53)/t23-,27-,28-,31+,33-/m0/s1. The molecule has 0 spiro atoms. The van der Waals surface area contributed by atoms with Crippen molar-refractivity contribution in [2.75, 3.05) is 31.2 Å². The van der Waals surface area contributed by atoms with Crippen LogP contribution in [0.2, 0.25) is 0 Å². The van der Waals surface area contributed by atoms with Gasteiger partial charge in [-0.15, -0.1) is 0 Å². The molecular formula is C38H50F2N9O16P3S. The number of amides is 5. The van der Waals surface area contributed by atoms with E-state index < -0.39 is 83.5 Å². The van der Waals surface area contributed by atoms with Crippen molar-refractivity contribution in [2.45, 2.75) is 100 Å². The van der Waals surface area contributed by atoms with Crippen LogP contribution in [-0.2, 0) is 47.7 Å². The molecule has 5 heterocycles. The fraction of sp³-hybridized carbons (Fsp3) is 0.526. The van der Waals surface area contributed by atoms with Gasteiger partial charge in [0.1, 0.15) is 17.9 Å². The first kappa shape index (κ1) is 53.6. The van der Waals surface area contributed by atoms with Crippen molar-refractivity contribution in [3.05, 3.63) is 57.0 Å². The number of fused-ring (bicyclic) bond motifs is 2. The average molecular weight is 1050 g/mol. The molecule has 1 aromatic carbocycles. The highest BCUT2D eigenvalue weighted by Gasteiger charge is 2.43. The van der Waals surface area contributed by atoms with Gasteiger partial charge in [0.15, 0.2) is 5.65 Å². The van der Waals surface area contributed by atoms with E-state index in [9.17, 15) is 56.2 Å². The van der Waals surface area contributed by atoms with Gasteiger partial charge in [0.05, 0.1) is 42.3 Å². The summed E-state index contributed by atoms with van der Waals surface area (Å²) in [6.07, 6.45) is 4.68. The Labute approximate surface area is 395 Å². The van der Waals surface area contributed by atoms with Crippen LogP contribution in [0, 0.1) is 23.5 Å². The highest BCUT2D eigenvalue weighted by Crippen LogP contribution is 2.66. The summed E-state index contributed by atoms with van der Waals surface area (Å²) in [5.74, 6) is 2.46. The Morgan fingerprint density at radius 2 is 1.65 bits per heavy atom. The Balaban J connectivity index is 0.906. The maximum absolute atomic E-state index is 15.0. The number of nitrogen functional groups attached to an aromatic ring is 1. The normalized spacial score (nSPS) is 21.6. The summed E-state index contributed by atoms with van der Waals surface area (Å²) in [6, 6.07) is 1.80. The van der Waals surface area contributed by atoms with Gasteiger partial charge in [0.25, 0.3) is 11.5 Å². The lowest BCUT2D eigenvalue weighted by Gasteiger charge is -2.19. The van der Waals surface area contributed by atoms with E-state index in [2.05, 4.69) is 61.5 Å². The third-order valence-corrected chi connectivity index (χ3v) is 16.2. The van der Waals surface area contributed by atoms with Gasteiger partial charge in [0, 0.05) is 54.3 Å². The molecule has 3 aliphatic heterocycles. The van der Waals surface area contributed by atoms with Crippen LogP contribution >= 0.6 is 35.2 Å². The van der Waals surface area contributed by atoms with Crippen LogP contribution in [0.5, 0.6) is 0 Å². The minimum absolute atomic E-state index is 0.0132. The van der Waals surface area contributed by atoms with Crippen LogP contribution in [-0.4, -0.2) is 107 Å². The molecule has 69 heavy (non-hydrogen) atoms. The number of nitrogens with zero attached hydrogens (tertiary/aromatic N) is 2. The van der Waals surface area contributed by atoms with Crippen LogP contribution in [0.4, 0.5) is 19.5 Å². The van der Waals surface area contributed by atoms with Crippen LogP contribution < -0.4 is 37.9 Å². The van der Waals surface area contributed by atoms with Crippen molar-refractivity contribution < 1.29 is 79.1 Å². The fourth-order valence-electron chi connectivity index (χ4n) is 7.70. The number of nitrogens with two attached hydrogens (primary N) is 1. The summed E-state index contributed by atoms with van der Waals surface area (Å²) >= 11 is 1.84. The first-order chi connectivity index (χ1) is 32.6. The van der Waals surface area contributed by atoms with Gasteiger partial charge >= 0.3 is 29.5 Å². The van der Waals surface area contributed by atoms with Gasteiger partial charge in [-0.3, -0.25) is 28.7 Å². The van der Waals surface area contributed by atoms with E-state index in [4.69, 9.17) is 20.3 Å². The third-order valence-electron chi connectivity index (χ3n) is 10.8. The minimum Gasteiger partial charge on any atom is -0.369 e. The van der Waals surface area contributed by atoms with Crippen molar-refractivity contribution in [2.24, 2.45) is 0 Å². The number of H-pyrrole nitrogens is 1. The number of carbonyl (C=O) groups excluding carboxylic acids is 4. The number of phosphoric acid groups is 3. The molecular weight excluding hydrogens is 1000 g/mol. The smallest absolute Gasteiger partial charge is 0.369 e. The van der Waals surface area contributed by atoms with Gasteiger partial charge in [-0.1, -0.05) is 24.7 Å². The first-order valence-corrected chi connectivity index (χ1v) is 26.9. The molecule has 0 aliphatic carbocycles. The molecule has 378 valence electrons. The lowest BCUT2D eigenvalue weighted by atomic mass is 10.0. The van der Waals surface area contributed by atoms with Gasteiger partial charge in [-0.25, -0.2) is 27.3 Å². The molecule has 0 saturated carbocycles. The molecule has 3 aromatic rings. The molecule has 7 atom stereocenters. The number of anilines is 1. The Hall–Kier alpha value is -4.74. The van der Waals surface area contributed by atoms with E-state index in [1.807, 2.05) is 11.8 Å². The van der Waals surface area contributed by atoms with Crippen molar-refractivity contribution in [3.63, 3.8) is 0 Å². The highest BCUT2D eigenvalue weighted by atomic mass is 32.2. The van der Waals surface area contributed by atoms with Crippen LogP contribution in [0.25, 0.3) is 11.0 Å². The molecule has 6 rings (SSSR count). The number of hydrogen-bond acceptors (Lipinski definition) is 15. The van der Waals surface area contributed by atoms with Crippen LogP contribution in [0.1, 0.15) is 91.9 Å². The molecule has 31 heteroatoms. The molecule has 3 fully saturated rings. The molecule has 3 saturated heterocycles. The topological polar surface area (TPSA) is 374 Å². The number of benzene rings is 1. The Morgan fingerprint density at radius 3 is 2.38 bits per heavy atom. The molecule has 3 aliphatic rings. The molecule has 0 bridgehead atoms. The number of unbranched alkanes of at least 4 members (excludes halogenated alkanes) is 3. The number of urea groups is 1. The minimum atomic E-state index is -5.74. The predicted molar refractivity (Wildman–Crippen MR) is 241 cm³/mol. The Kier molecular flexibility index (Phi) is 18.2. The SMILES string of the molecule is Nc1nc2c(c(C#CCNC(=O)c3cc(F)c(CNC(=O)CCCCCNC(=O)CCCC[C@@H]4SC[C@@H]5NC(=O)N[C@@H]54)c(F)c3)cn2[C@H]2CC[C@@H](COP(=O)(O)OP(=O)(O)OP(=O)(O)O)O2)c(=O)[nH]1. The molecule has 2 aromatic heterocycles. The lowest BCUT2D eigenvalue weighted by Crippen LogP contribution is -2.36. The number of ether oxygens (including phenoxy) is 1.